The minimum Gasteiger partial charge on any atom is -0.444 e. The second kappa shape index (κ2) is 4.34. The molecule has 0 aliphatic heterocycles. The Morgan fingerprint density at radius 2 is 2.45 bits per heavy atom. The van der Waals surface area contributed by atoms with Gasteiger partial charge in [-0.05, 0) is 6.42 Å². The van der Waals surface area contributed by atoms with Crippen LogP contribution in [0.4, 0.5) is 0 Å². The molecular formula is C8H14NOS+. The van der Waals surface area contributed by atoms with E-state index in [0.717, 1.165) is 18.9 Å². The van der Waals surface area contributed by atoms with Crippen LogP contribution in [0.5, 0.6) is 5.88 Å². The van der Waals surface area contributed by atoms with Crippen LogP contribution in [0.15, 0.2) is 11.4 Å². The molecule has 1 aromatic heterocycles. The van der Waals surface area contributed by atoms with E-state index >= 15 is 0 Å². The van der Waals surface area contributed by atoms with E-state index < -0.39 is 0 Å². The number of hydrogen-bond donors (Lipinski definition) is 0. The topological polar surface area (TPSA) is 13.1 Å². The van der Waals surface area contributed by atoms with Crippen molar-refractivity contribution in [2.75, 3.05) is 6.61 Å². The SMILES string of the molecule is CCCCOc1ccs[n+]1C. The number of hydrogen-bond acceptors (Lipinski definition) is 2. The first-order valence-electron chi connectivity index (χ1n) is 3.91. The molecule has 0 bridgehead atoms. The van der Waals surface area contributed by atoms with E-state index in [4.69, 9.17) is 4.74 Å². The zero-order valence-corrected chi connectivity index (χ0v) is 7.86. The molecule has 11 heavy (non-hydrogen) atoms. The van der Waals surface area contributed by atoms with Crippen molar-refractivity contribution in [3.8, 4) is 5.88 Å². The highest BCUT2D eigenvalue weighted by Crippen LogP contribution is 2.05. The van der Waals surface area contributed by atoms with E-state index in [2.05, 4.69) is 6.92 Å². The number of nitrogens with zero attached hydrogens (tertiary/aromatic N) is 1. The summed E-state index contributed by atoms with van der Waals surface area (Å²) in [6.45, 7) is 3.00. The van der Waals surface area contributed by atoms with Crippen LogP contribution in [-0.2, 0) is 7.05 Å². The van der Waals surface area contributed by atoms with Crippen LogP contribution in [0.25, 0.3) is 0 Å². The minimum absolute atomic E-state index is 0.834. The molecule has 0 radical (unpaired) electrons. The van der Waals surface area contributed by atoms with Crippen molar-refractivity contribution >= 4 is 11.5 Å². The van der Waals surface area contributed by atoms with Crippen LogP contribution in [0.3, 0.4) is 0 Å². The van der Waals surface area contributed by atoms with Crippen LogP contribution in [0, 0.1) is 0 Å². The van der Waals surface area contributed by atoms with Gasteiger partial charge < -0.3 is 4.74 Å². The zero-order valence-electron chi connectivity index (χ0n) is 7.04. The highest BCUT2D eigenvalue weighted by atomic mass is 32.1. The van der Waals surface area contributed by atoms with Gasteiger partial charge in [0.2, 0.25) is 0 Å². The van der Waals surface area contributed by atoms with Crippen molar-refractivity contribution in [3.63, 3.8) is 0 Å². The van der Waals surface area contributed by atoms with Crippen molar-refractivity contribution in [1.29, 1.82) is 0 Å². The third-order valence-electron chi connectivity index (χ3n) is 1.49. The quantitative estimate of drug-likeness (QED) is 0.498. The molecule has 3 heteroatoms. The Bertz CT molecular complexity index is 210. The van der Waals surface area contributed by atoms with E-state index in [-0.39, 0.29) is 0 Å². The van der Waals surface area contributed by atoms with Gasteiger partial charge >= 0.3 is 5.88 Å². The Labute approximate surface area is 71.6 Å². The Morgan fingerprint density at radius 3 is 3.00 bits per heavy atom. The highest BCUT2D eigenvalue weighted by molar-refractivity contribution is 6.99. The molecule has 0 aromatic carbocycles. The molecule has 1 rings (SSSR count). The Balaban J connectivity index is 2.32. The van der Waals surface area contributed by atoms with Gasteiger partial charge in [0.25, 0.3) is 0 Å². The average Bonchev–Trinajstić information content (AvgIpc) is 2.37. The summed E-state index contributed by atoms with van der Waals surface area (Å²) in [6.07, 6.45) is 2.32. The number of ether oxygens (including phenoxy) is 1. The Morgan fingerprint density at radius 1 is 1.64 bits per heavy atom. The number of unbranched alkanes of at least 4 members (excludes halogenated alkanes) is 1. The summed E-state index contributed by atoms with van der Waals surface area (Å²) >= 11 is 1.65. The highest BCUT2D eigenvalue weighted by Gasteiger charge is 2.07. The molecule has 0 atom stereocenters. The smallest absolute Gasteiger partial charge is 0.382 e. The minimum atomic E-state index is 0.834. The summed E-state index contributed by atoms with van der Waals surface area (Å²) in [5, 5.41) is 2.03. The van der Waals surface area contributed by atoms with Gasteiger partial charge in [0.15, 0.2) is 7.05 Å². The molecule has 0 fully saturated rings. The summed E-state index contributed by atoms with van der Waals surface area (Å²) in [4.78, 5) is 0. The maximum atomic E-state index is 5.49. The zero-order chi connectivity index (χ0) is 8.10. The first-order chi connectivity index (χ1) is 5.34. The first-order valence-corrected chi connectivity index (χ1v) is 4.75. The fourth-order valence-electron chi connectivity index (χ4n) is 0.797. The third kappa shape index (κ3) is 2.50. The molecule has 0 N–H and O–H groups in total. The molecule has 2 nitrogen and oxygen atoms in total. The molecule has 0 unspecified atom stereocenters. The first kappa shape index (κ1) is 8.53. The molecular weight excluding hydrogens is 158 g/mol. The van der Waals surface area contributed by atoms with Gasteiger partial charge in [0.1, 0.15) is 11.5 Å². The number of rotatable bonds is 4. The van der Waals surface area contributed by atoms with Gasteiger partial charge in [-0.25, -0.2) is 0 Å². The number of aryl methyl sites for hydroxylation is 1. The molecule has 0 aliphatic carbocycles. The van der Waals surface area contributed by atoms with Crippen molar-refractivity contribution in [1.82, 2.24) is 0 Å². The molecule has 0 spiro atoms. The molecule has 0 saturated carbocycles. The molecule has 62 valence electrons. The molecule has 0 saturated heterocycles. The maximum absolute atomic E-state index is 5.49. The normalized spacial score (nSPS) is 10.0. The van der Waals surface area contributed by atoms with Gasteiger partial charge in [-0.15, -0.1) is 3.96 Å². The summed E-state index contributed by atoms with van der Waals surface area (Å²) in [5.74, 6) is 0.975. The third-order valence-corrected chi connectivity index (χ3v) is 2.24. The lowest BCUT2D eigenvalue weighted by molar-refractivity contribution is -0.608. The Hall–Kier alpha value is -0.570. The monoisotopic (exact) mass is 172 g/mol. The van der Waals surface area contributed by atoms with Crippen LogP contribution >= 0.6 is 11.5 Å². The van der Waals surface area contributed by atoms with Crippen LogP contribution in [0.2, 0.25) is 0 Å². The Kier molecular flexibility index (Phi) is 3.36. The summed E-state index contributed by atoms with van der Waals surface area (Å²) in [5.41, 5.74) is 0. The van der Waals surface area contributed by atoms with Gasteiger partial charge in [-0.3, -0.25) is 0 Å². The lowest BCUT2D eigenvalue weighted by atomic mass is 10.4. The number of aromatic nitrogens is 1. The molecule has 1 aromatic rings. The average molecular weight is 172 g/mol. The van der Waals surface area contributed by atoms with Crippen molar-refractivity contribution in [2.45, 2.75) is 19.8 Å². The van der Waals surface area contributed by atoms with E-state index in [1.165, 1.54) is 6.42 Å². The lowest BCUT2D eigenvalue weighted by Crippen LogP contribution is -2.24. The molecule has 0 amide bonds. The van der Waals surface area contributed by atoms with Crippen LogP contribution in [-0.4, -0.2) is 6.61 Å². The van der Waals surface area contributed by atoms with Gasteiger partial charge in [-0.2, -0.15) is 0 Å². The van der Waals surface area contributed by atoms with Gasteiger partial charge in [0, 0.05) is 0 Å². The second-order valence-corrected chi connectivity index (χ2v) is 3.48. The summed E-state index contributed by atoms with van der Waals surface area (Å²) < 4.78 is 7.51. The maximum Gasteiger partial charge on any atom is 0.382 e. The predicted molar refractivity (Wildman–Crippen MR) is 45.9 cm³/mol. The van der Waals surface area contributed by atoms with E-state index in [1.807, 2.05) is 22.5 Å². The molecule has 1 heterocycles. The van der Waals surface area contributed by atoms with Gasteiger partial charge in [-0.1, -0.05) is 13.3 Å². The standard InChI is InChI=1S/C8H14NOS/c1-3-4-6-10-8-5-7-11-9(8)2/h5,7H,3-4,6H2,1-2H3/q+1. The van der Waals surface area contributed by atoms with Crippen LogP contribution in [0.1, 0.15) is 19.8 Å². The predicted octanol–water partition coefficient (Wildman–Crippen LogP) is 1.75. The van der Waals surface area contributed by atoms with Crippen LogP contribution < -0.4 is 8.69 Å². The van der Waals surface area contributed by atoms with Gasteiger partial charge in [0.05, 0.1) is 18.1 Å². The van der Waals surface area contributed by atoms with E-state index in [0.29, 0.717) is 0 Å². The fourth-order valence-corrected chi connectivity index (χ4v) is 1.37. The lowest BCUT2D eigenvalue weighted by Gasteiger charge is -1.96. The largest absolute Gasteiger partial charge is 0.444 e. The summed E-state index contributed by atoms with van der Waals surface area (Å²) in [7, 11) is 2.01. The summed E-state index contributed by atoms with van der Waals surface area (Å²) in [6, 6.07) is 2.00. The fraction of sp³-hybridized carbons (Fsp3) is 0.625. The van der Waals surface area contributed by atoms with E-state index in [9.17, 15) is 0 Å². The van der Waals surface area contributed by atoms with Crippen molar-refractivity contribution in [3.05, 3.63) is 11.4 Å². The molecule has 0 aliphatic rings. The van der Waals surface area contributed by atoms with E-state index in [1.54, 1.807) is 11.5 Å². The van der Waals surface area contributed by atoms with Crippen molar-refractivity contribution < 1.29 is 8.69 Å². The van der Waals surface area contributed by atoms with Crippen molar-refractivity contribution in [2.24, 2.45) is 7.05 Å². The second-order valence-electron chi connectivity index (χ2n) is 2.45.